The van der Waals surface area contributed by atoms with Crippen molar-refractivity contribution in [3.8, 4) is 11.8 Å². The van der Waals surface area contributed by atoms with Crippen LogP contribution in [0.25, 0.3) is 0 Å². The van der Waals surface area contributed by atoms with Gasteiger partial charge in [0.25, 0.3) is 0 Å². The quantitative estimate of drug-likeness (QED) is 0.667. The van der Waals surface area contributed by atoms with Gasteiger partial charge < -0.3 is 15.7 Å². The maximum atomic E-state index is 11.5. The number of carbonyl (C=O) groups excluding carboxylic acids is 1. The van der Waals surface area contributed by atoms with Crippen molar-refractivity contribution in [2.75, 3.05) is 6.54 Å². The first-order valence-electron chi connectivity index (χ1n) is 5.90. The van der Waals surface area contributed by atoms with Crippen molar-refractivity contribution >= 4 is 12.0 Å². The Hall–Kier alpha value is -1.70. The van der Waals surface area contributed by atoms with Crippen molar-refractivity contribution in [2.24, 2.45) is 5.41 Å². The largest absolute Gasteiger partial charge is 0.480 e. The van der Waals surface area contributed by atoms with E-state index in [1.54, 1.807) is 6.92 Å². The predicted molar refractivity (Wildman–Crippen MR) is 70.1 cm³/mol. The Bertz CT molecular complexity index is 374. The first-order valence-corrected chi connectivity index (χ1v) is 5.90. The van der Waals surface area contributed by atoms with E-state index < -0.39 is 17.5 Å². The normalized spacial score (nSPS) is 13.8. The minimum Gasteiger partial charge on any atom is -0.480 e. The lowest BCUT2D eigenvalue weighted by Gasteiger charge is -2.24. The third-order valence-electron chi connectivity index (χ3n) is 2.37. The number of urea groups is 1. The van der Waals surface area contributed by atoms with E-state index in [-0.39, 0.29) is 12.0 Å². The number of carboxylic acids is 1. The second-order valence-electron chi connectivity index (χ2n) is 5.35. The molecule has 0 fully saturated rings. The Balaban J connectivity index is 4.28. The van der Waals surface area contributed by atoms with Crippen LogP contribution in [-0.4, -0.2) is 29.2 Å². The van der Waals surface area contributed by atoms with Crippen LogP contribution in [0.2, 0.25) is 0 Å². The SMILES string of the molecule is CCC(C)(NC(=O)NCC#CC(C)(C)C)C(=O)O. The summed E-state index contributed by atoms with van der Waals surface area (Å²) in [5.74, 6) is 4.73. The standard InChI is InChI=1S/C13H22N2O3/c1-6-13(5,10(16)17)15-11(18)14-9-7-8-12(2,3)4/h6,9H2,1-5H3,(H,16,17)(H2,14,15,18). The van der Waals surface area contributed by atoms with E-state index in [4.69, 9.17) is 5.11 Å². The summed E-state index contributed by atoms with van der Waals surface area (Å²) in [6.07, 6.45) is 0.309. The summed E-state index contributed by atoms with van der Waals surface area (Å²) in [5, 5.41) is 13.9. The van der Waals surface area contributed by atoms with E-state index in [1.807, 2.05) is 20.8 Å². The van der Waals surface area contributed by atoms with Crippen molar-refractivity contribution in [1.29, 1.82) is 0 Å². The van der Waals surface area contributed by atoms with Crippen LogP contribution in [0.5, 0.6) is 0 Å². The second kappa shape index (κ2) is 6.29. The number of aliphatic carboxylic acids is 1. The fourth-order valence-corrected chi connectivity index (χ4v) is 1.02. The molecule has 0 spiro atoms. The minimum absolute atomic E-state index is 0.114. The van der Waals surface area contributed by atoms with Crippen molar-refractivity contribution in [3.05, 3.63) is 0 Å². The van der Waals surface area contributed by atoms with Gasteiger partial charge in [-0.2, -0.15) is 0 Å². The van der Waals surface area contributed by atoms with Crippen LogP contribution in [0.4, 0.5) is 4.79 Å². The third-order valence-corrected chi connectivity index (χ3v) is 2.37. The van der Waals surface area contributed by atoms with Gasteiger partial charge >= 0.3 is 12.0 Å². The summed E-state index contributed by atoms with van der Waals surface area (Å²) >= 11 is 0. The van der Waals surface area contributed by atoms with Crippen LogP contribution in [0.1, 0.15) is 41.0 Å². The van der Waals surface area contributed by atoms with Crippen LogP contribution in [0, 0.1) is 17.3 Å². The fourth-order valence-electron chi connectivity index (χ4n) is 1.02. The molecule has 0 aromatic rings. The lowest BCUT2D eigenvalue weighted by molar-refractivity contribution is -0.143. The molecule has 0 aromatic heterocycles. The summed E-state index contributed by atoms with van der Waals surface area (Å²) in [7, 11) is 0. The summed E-state index contributed by atoms with van der Waals surface area (Å²) in [5.41, 5.74) is -1.36. The number of carboxylic acid groups (broad SMARTS) is 1. The predicted octanol–water partition coefficient (Wildman–Crippen LogP) is 1.59. The molecule has 3 N–H and O–H groups in total. The van der Waals surface area contributed by atoms with Gasteiger partial charge in [-0.25, -0.2) is 9.59 Å². The molecule has 0 aromatic carbocycles. The van der Waals surface area contributed by atoms with E-state index in [0.717, 1.165) is 0 Å². The van der Waals surface area contributed by atoms with Gasteiger partial charge in [-0.15, -0.1) is 0 Å². The molecule has 0 aliphatic heterocycles. The molecule has 0 heterocycles. The van der Waals surface area contributed by atoms with E-state index >= 15 is 0 Å². The Labute approximate surface area is 108 Å². The molecule has 1 atom stereocenters. The van der Waals surface area contributed by atoms with Gasteiger partial charge in [0.2, 0.25) is 0 Å². The van der Waals surface area contributed by atoms with Gasteiger partial charge in [0.15, 0.2) is 0 Å². The molecule has 18 heavy (non-hydrogen) atoms. The number of rotatable bonds is 4. The van der Waals surface area contributed by atoms with E-state index in [1.165, 1.54) is 6.92 Å². The molecule has 102 valence electrons. The molecule has 0 saturated carbocycles. The molecule has 0 aliphatic carbocycles. The monoisotopic (exact) mass is 254 g/mol. The molecule has 0 bridgehead atoms. The zero-order valence-electron chi connectivity index (χ0n) is 11.7. The molecular weight excluding hydrogens is 232 g/mol. The lowest BCUT2D eigenvalue weighted by atomic mass is 9.98. The van der Waals surface area contributed by atoms with E-state index in [9.17, 15) is 9.59 Å². The smallest absolute Gasteiger partial charge is 0.329 e. The second-order valence-corrected chi connectivity index (χ2v) is 5.35. The first kappa shape index (κ1) is 16.3. The van der Waals surface area contributed by atoms with Gasteiger partial charge in [-0.1, -0.05) is 18.8 Å². The van der Waals surface area contributed by atoms with E-state index in [0.29, 0.717) is 6.42 Å². The summed E-state index contributed by atoms with van der Waals surface area (Å²) in [6.45, 7) is 9.28. The highest BCUT2D eigenvalue weighted by molar-refractivity contribution is 5.85. The number of hydrogen-bond acceptors (Lipinski definition) is 2. The van der Waals surface area contributed by atoms with Gasteiger partial charge in [0.05, 0.1) is 6.54 Å². The third kappa shape index (κ3) is 6.14. The number of amides is 2. The Kier molecular flexibility index (Phi) is 5.70. The summed E-state index contributed by atoms with van der Waals surface area (Å²) in [6, 6.07) is -0.523. The van der Waals surface area contributed by atoms with E-state index in [2.05, 4.69) is 22.5 Å². The Morgan fingerprint density at radius 3 is 2.17 bits per heavy atom. The summed E-state index contributed by atoms with van der Waals surface area (Å²) in [4.78, 5) is 22.5. The molecule has 0 aliphatic rings. The van der Waals surface area contributed by atoms with Gasteiger partial charge in [0.1, 0.15) is 5.54 Å². The number of carbonyl (C=O) groups is 2. The zero-order chi connectivity index (χ0) is 14.4. The topological polar surface area (TPSA) is 78.4 Å². The zero-order valence-corrected chi connectivity index (χ0v) is 11.7. The fraction of sp³-hybridized carbons (Fsp3) is 0.692. The average molecular weight is 254 g/mol. The van der Waals surface area contributed by atoms with Crippen molar-refractivity contribution in [3.63, 3.8) is 0 Å². The first-order chi connectivity index (χ1) is 8.10. The minimum atomic E-state index is -1.25. The Morgan fingerprint density at radius 2 is 1.78 bits per heavy atom. The molecule has 1 unspecified atom stereocenters. The average Bonchev–Trinajstić information content (AvgIpc) is 2.22. The van der Waals surface area contributed by atoms with Crippen LogP contribution in [-0.2, 0) is 4.79 Å². The number of hydrogen-bond donors (Lipinski definition) is 3. The Morgan fingerprint density at radius 1 is 1.22 bits per heavy atom. The van der Waals surface area contributed by atoms with Crippen LogP contribution < -0.4 is 10.6 Å². The molecule has 0 rings (SSSR count). The van der Waals surface area contributed by atoms with Crippen molar-refractivity contribution < 1.29 is 14.7 Å². The molecule has 2 amide bonds. The van der Waals surface area contributed by atoms with Crippen molar-refractivity contribution in [1.82, 2.24) is 10.6 Å². The molecular formula is C13H22N2O3. The van der Waals surface area contributed by atoms with Gasteiger partial charge in [-0.3, -0.25) is 0 Å². The van der Waals surface area contributed by atoms with Gasteiger partial charge in [-0.05, 0) is 34.1 Å². The maximum Gasteiger partial charge on any atom is 0.329 e. The van der Waals surface area contributed by atoms with Crippen molar-refractivity contribution in [2.45, 2.75) is 46.6 Å². The molecule has 0 saturated heterocycles. The molecule has 0 radical (unpaired) electrons. The highest BCUT2D eigenvalue weighted by atomic mass is 16.4. The highest BCUT2D eigenvalue weighted by Gasteiger charge is 2.32. The van der Waals surface area contributed by atoms with Gasteiger partial charge in [0, 0.05) is 5.41 Å². The van der Waals surface area contributed by atoms with Crippen LogP contribution in [0.3, 0.4) is 0 Å². The maximum absolute atomic E-state index is 11.5. The van der Waals surface area contributed by atoms with Crippen LogP contribution >= 0.6 is 0 Å². The van der Waals surface area contributed by atoms with Crippen LogP contribution in [0.15, 0.2) is 0 Å². The lowest BCUT2D eigenvalue weighted by Crippen LogP contribution is -2.54. The highest BCUT2D eigenvalue weighted by Crippen LogP contribution is 2.09. The molecule has 5 heteroatoms. The summed E-state index contributed by atoms with van der Waals surface area (Å²) < 4.78 is 0. The molecule has 5 nitrogen and oxygen atoms in total. The number of nitrogens with one attached hydrogen (secondary N) is 2.